The van der Waals surface area contributed by atoms with Crippen LogP contribution in [0.1, 0.15) is 18.7 Å². The first-order valence-corrected chi connectivity index (χ1v) is 11.9. The van der Waals surface area contributed by atoms with Crippen molar-refractivity contribution < 1.29 is 32.9 Å². The van der Waals surface area contributed by atoms with Gasteiger partial charge >= 0.3 is 0 Å². The zero-order chi connectivity index (χ0) is 26.0. The lowest BCUT2D eigenvalue weighted by atomic mass is 9.97. The van der Waals surface area contributed by atoms with Crippen LogP contribution in [0, 0.1) is 28.8 Å². The Balaban J connectivity index is 1.72. The van der Waals surface area contributed by atoms with Crippen LogP contribution >= 0.6 is 23.4 Å². The Bertz CT molecular complexity index is 1270. The lowest BCUT2D eigenvalue weighted by molar-refractivity contribution is -0.191. The second-order valence-electron chi connectivity index (χ2n) is 7.69. The first kappa shape index (κ1) is 26.3. The van der Waals surface area contributed by atoms with Gasteiger partial charge in [0.05, 0.1) is 17.8 Å². The molecule has 1 aromatic carbocycles. The minimum absolute atomic E-state index is 0.0114. The summed E-state index contributed by atoms with van der Waals surface area (Å²) in [5, 5.41) is 38.5. The number of ether oxygens (including phenoxy) is 2. The molecule has 2 N–H and O–H groups in total. The standard InChI is InChI=1S/C22H19ClF3N5O4S/c1-2-34-21-19(31-8-15(29-30-31)10-3-12(24)18(26)13(25)4-10)20(33)16(9-32)35-22(21)36-17-5-11(23)7-28-14(17)6-27/h3-5,7-8,16,19-22,32-33H,2,9H2,1H3. The molecule has 0 spiro atoms. The van der Waals surface area contributed by atoms with Gasteiger partial charge in [-0.1, -0.05) is 28.6 Å². The van der Waals surface area contributed by atoms with Crippen LogP contribution < -0.4 is 0 Å². The summed E-state index contributed by atoms with van der Waals surface area (Å²) in [5.74, 6) is -4.39. The van der Waals surface area contributed by atoms with Crippen molar-refractivity contribution >= 4 is 23.4 Å². The Morgan fingerprint density at radius 2 is 2.00 bits per heavy atom. The monoisotopic (exact) mass is 541 g/mol. The number of nitriles is 1. The fourth-order valence-corrected chi connectivity index (χ4v) is 5.26. The van der Waals surface area contributed by atoms with E-state index in [9.17, 15) is 28.6 Å². The summed E-state index contributed by atoms with van der Waals surface area (Å²) < 4.78 is 53.9. The number of benzene rings is 1. The van der Waals surface area contributed by atoms with E-state index in [4.69, 9.17) is 21.1 Å². The van der Waals surface area contributed by atoms with Crippen LogP contribution in [-0.2, 0) is 9.47 Å². The molecule has 0 aliphatic carbocycles. The average molecular weight is 542 g/mol. The third-order valence-electron chi connectivity index (χ3n) is 5.45. The van der Waals surface area contributed by atoms with Crippen LogP contribution in [0.4, 0.5) is 13.2 Å². The third-order valence-corrected chi connectivity index (χ3v) is 6.83. The van der Waals surface area contributed by atoms with E-state index >= 15 is 0 Å². The molecule has 190 valence electrons. The van der Waals surface area contributed by atoms with E-state index in [0.717, 1.165) is 23.9 Å². The van der Waals surface area contributed by atoms with Gasteiger partial charge in [0.1, 0.15) is 41.6 Å². The Hall–Kier alpha value is -2.73. The fraction of sp³-hybridized carbons (Fsp3) is 0.364. The van der Waals surface area contributed by atoms with Crippen LogP contribution in [0.15, 0.2) is 35.5 Å². The molecule has 3 aromatic rings. The minimum Gasteiger partial charge on any atom is -0.394 e. The van der Waals surface area contributed by atoms with Crippen LogP contribution in [0.2, 0.25) is 5.02 Å². The molecule has 9 nitrogen and oxygen atoms in total. The molecule has 1 aliphatic rings. The smallest absolute Gasteiger partial charge is 0.194 e. The van der Waals surface area contributed by atoms with Crippen molar-refractivity contribution in [2.45, 2.75) is 41.6 Å². The van der Waals surface area contributed by atoms with Gasteiger partial charge in [-0.3, -0.25) is 0 Å². The number of thioether (sulfide) groups is 1. The van der Waals surface area contributed by atoms with Crippen molar-refractivity contribution in [2.75, 3.05) is 13.2 Å². The first-order chi connectivity index (χ1) is 17.3. The Morgan fingerprint density at radius 3 is 2.64 bits per heavy atom. The molecule has 4 rings (SSSR count). The maximum absolute atomic E-state index is 13.7. The number of nitrogens with zero attached hydrogens (tertiary/aromatic N) is 5. The topological polar surface area (TPSA) is 126 Å². The number of aliphatic hydroxyl groups is 2. The number of aliphatic hydroxyl groups excluding tert-OH is 2. The number of aromatic nitrogens is 4. The highest BCUT2D eigenvalue weighted by Crippen LogP contribution is 2.41. The molecular weight excluding hydrogens is 523 g/mol. The second-order valence-corrected chi connectivity index (χ2v) is 9.27. The molecule has 0 amide bonds. The quantitative estimate of drug-likeness (QED) is 0.434. The molecular formula is C22H19ClF3N5O4S. The summed E-state index contributed by atoms with van der Waals surface area (Å²) in [6.45, 7) is 1.37. The molecule has 0 saturated carbocycles. The van der Waals surface area contributed by atoms with Gasteiger partial charge in [0.25, 0.3) is 0 Å². The summed E-state index contributed by atoms with van der Waals surface area (Å²) in [5.41, 5.74) is -0.830. The predicted octanol–water partition coefficient (Wildman–Crippen LogP) is 3.10. The highest BCUT2D eigenvalue weighted by Gasteiger charge is 2.48. The molecule has 5 atom stereocenters. The molecule has 0 bridgehead atoms. The Kier molecular flexibility index (Phi) is 8.13. The van der Waals surface area contributed by atoms with Crippen LogP contribution in [-0.4, -0.2) is 67.2 Å². The van der Waals surface area contributed by atoms with Gasteiger partial charge in [-0.05, 0) is 25.1 Å². The third kappa shape index (κ3) is 5.19. The SMILES string of the molecule is CCOC1C(Sc2cc(Cl)cnc2C#N)OC(CO)C(O)C1n1cc(-c2cc(F)c(F)c(F)c2)nn1. The van der Waals surface area contributed by atoms with Crippen molar-refractivity contribution in [2.24, 2.45) is 0 Å². The number of halogens is 4. The van der Waals surface area contributed by atoms with E-state index in [2.05, 4.69) is 15.3 Å². The molecule has 5 unspecified atom stereocenters. The molecule has 1 saturated heterocycles. The van der Waals surface area contributed by atoms with Crippen molar-refractivity contribution in [1.82, 2.24) is 20.0 Å². The molecule has 2 aromatic heterocycles. The molecule has 0 radical (unpaired) electrons. The van der Waals surface area contributed by atoms with Gasteiger partial charge in [0.15, 0.2) is 23.1 Å². The highest BCUT2D eigenvalue weighted by atomic mass is 35.5. The van der Waals surface area contributed by atoms with E-state index in [1.165, 1.54) is 23.1 Å². The largest absolute Gasteiger partial charge is 0.394 e. The molecule has 1 fully saturated rings. The zero-order valence-electron chi connectivity index (χ0n) is 18.6. The number of rotatable bonds is 7. The maximum atomic E-state index is 13.7. The normalized spacial score (nSPS) is 24.0. The van der Waals surface area contributed by atoms with Gasteiger partial charge < -0.3 is 19.7 Å². The van der Waals surface area contributed by atoms with Crippen LogP contribution in [0.3, 0.4) is 0 Å². The number of hydrogen-bond donors (Lipinski definition) is 2. The highest BCUT2D eigenvalue weighted by molar-refractivity contribution is 7.99. The van der Waals surface area contributed by atoms with Crippen LogP contribution in [0.25, 0.3) is 11.3 Å². The zero-order valence-corrected chi connectivity index (χ0v) is 20.1. The van der Waals surface area contributed by atoms with Gasteiger partial charge in [0.2, 0.25) is 0 Å². The van der Waals surface area contributed by atoms with Crippen LogP contribution in [0.5, 0.6) is 0 Å². The van der Waals surface area contributed by atoms with Gasteiger partial charge in [-0.2, -0.15) is 5.26 Å². The van der Waals surface area contributed by atoms with Crippen molar-refractivity contribution in [3.63, 3.8) is 0 Å². The maximum Gasteiger partial charge on any atom is 0.194 e. The lowest BCUT2D eigenvalue weighted by Crippen LogP contribution is -2.55. The molecule has 3 heterocycles. The number of pyridine rings is 1. The van der Waals surface area contributed by atoms with Crippen molar-refractivity contribution in [1.29, 1.82) is 5.26 Å². The summed E-state index contributed by atoms with van der Waals surface area (Å²) in [4.78, 5) is 4.39. The molecule has 36 heavy (non-hydrogen) atoms. The summed E-state index contributed by atoms with van der Waals surface area (Å²) in [7, 11) is 0. The van der Waals surface area contributed by atoms with E-state index < -0.39 is 53.8 Å². The van der Waals surface area contributed by atoms with Gasteiger partial charge in [-0.15, -0.1) is 5.10 Å². The molecule has 14 heteroatoms. The van der Waals surface area contributed by atoms with E-state index in [1.807, 2.05) is 6.07 Å². The Morgan fingerprint density at radius 1 is 1.28 bits per heavy atom. The summed E-state index contributed by atoms with van der Waals surface area (Å²) in [6.07, 6.45) is -0.648. The minimum atomic E-state index is -1.61. The molecule has 1 aliphatic heterocycles. The van der Waals surface area contributed by atoms with E-state index in [0.29, 0.717) is 4.90 Å². The van der Waals surface area contributed by atoms with Crippen molar-refractivity contribution in [3.8, 4) is 17.3 Å². The first-order valence-electron chi connectivity index (χ1n) is 10.6. The second kappa shape index (κ2) is 11.1. The predicted molar refractivity (Wildman–Crippen MR) is 121 cm³/mol. The Labute approximate surface area is 212 Å². The van der Waals surface area contributed by atoms with E-state index in [1.54, 1.807) is 6.92 Å². The van der Waals surface area contributed by atoms with Gasteiger partial charge in [-0.25, -0.2) is 22.8 Å². The van der Waals surface area contributed by atoms with Gasteiger partial charge in [0, 0.05) is 23.3 Å². The lowest BCUT2D eigenvalue weighted by Gasteiger charge is -2.43. The fourth-order valence-electron chi connectivity index (χ4n) is 3.81. The van der Waals surface area contributed by atoms with E-state index in [-0.39, 0.29) is 28.6 Å². The summed E-state index contributed by atoms with van der Waals surface area (Å²) in [6, 6.07) is 4.08. The number of hydrogen-bond acceptors (Lipinski definition) is 9. The van der Waals surface area contributed by atoms with Crippen molar-refractivity contribution in [3.05, 3.63) is 58.8 Å². The summed E-state index contributed by atoms with van der Waals surface area (Å²) >= 11 is 7.11. The average Bonchev–Trinajstić information content (AvgIpc) is 3.34.